The van der Waals surface area contributed by atoms with E-state index < -0.39 is 0 Å². The number of nitrogens with zero attached hydrogens (tertiary/aromatic N) is 2. The van der Waals surface area contributed by atoms with Crippen molar-refractivity contribution in [2.45, 2.75) is 19.8 Å². The molecule has 0 aliphatic rings. The van der Waals surface area contributed by atoms with E-state index in [0.29, 0.717) is 13.2 Å². The minimum atomic E-state index is 0.636. The molecule has 0 aliphatic heterocycles. The topological polar surface area (TPSA) is 67.8 Å². The predicted molar refractivity (Wildman–Crippen MR) is 104 cm³/mol. The summed E-state index contributed by atoms with van der Waals surface area (Å²) in [7, 11) is 3.45. The van der Waals surface area contributed by atoms with E-state index in [4.69, 9.17) is 9.47 Å². The Morgan fingerprint density at radius 3 is 2.92 bits per heavy atom. The van der Waals surface area contributed by atoms with E-state index in [-0.39, 0.29) is 0 Å². The zero-order chi connectivity index (χ0) is 17.9. The fourth-order valence-electron chi connectivity index (χ4n) is 2.20. The van der Waals surface area contributed by atoms with Crippen LogP contribution in [0, 0.1) is 6.92 Å². The Labute approximate surface area is 153 Å². The largest absolute Gasteiger partial charge is 0.493 e. The molecule has 1 aromatic carbocycles. The van der Waals surface area contributed by atoms with E-state index in [0.717, 1.165) is 47.5 Å². The molecule has 0 saturated heterocycles. The molecule has 0 unspecified atom stereocenters. The number of hydrogen-bond acceptors (Lipinski definition) is 5. The third kappa shape index (κ3) is 7.11. The van der Waals surface area contributed by atoms with Gasteiger partial charge in [0.1, 0.15) is 5.75 Å². The molecular weight excluding hydrogens is 336 g/mol. The molecule has 136 valence electrons. The minimum Gasteiger partial charge on any atom is -0.493 e. The fraction of sp³-hybridized carbons (Fsp3) is 0.444. The average Bonchev–Trinajstić information content (AvgIpc) is 3.03. The number of aliphatic imine (C=N–C) groups is 1. The van der Waals surface area contributed by atoms with Gasteiger partial charge >= 0.3 is 0 Å². The summed E-state index contributed by atoms with van der Waals surface area (Å²) in [6.07, 6.45) is 1.74. The third-order valence-corrected chi connectivity index (χ3v) is 4.24. The van der Waals surface area contributed by atoms with E-state index in [1.165, 1.54) is 0 Å². The van der Waals surface area contributed by atoms with Crippen LogP contribution in [-0.2, 0) is 11.2 Å². The fourth-order valence-corrected chi connectivity index (χ4v) is 2.85. The van der Waals surface area contributed by atoms with Crippen LogP contribution in [0.1, 0.15) is 17.1 Å². The van der Waals surface area contributed by atoms with Gasteiger partial charge < -0.3 is 20.1 Å². The molecule has 0 amide bonds. The molecule has 1 aromatic heterocycles. The number of aromatic nitrogens is 1. The van der Waals surface area contributed by atoms with Gasteiger partial charge in [-0.1, -0.05) is 6.07 Å². The van der Waals surface area contributed by atoms with E-state index in [1.807, 2.05) is 31.2 Å². The number of anilines is 1. The molecule has 0 bridgehead atoms. The smallest absolute Gasteiger partial charge is 0.195 e. The first-order valence-corrected chi connectivity index (χ1v) is 9.19. The number of guanidine groups is 1. The number of rotatable bonds is 9. The molecule has 0 fully saturated rings. The highest BCUT2D eigenvalue weighted by Crippen LogP contribution is 2.17. The van der Waals surface area contributed by atoms with Crippen molar-refractivity contribution >= 4 is 23.0 Å². The van der Waals surface area contributed by atoms with Crippen LogP contribution in [0.15, 0.2) is 34.6 Å². The highest BCUT2D eigenvalue weighted by molar-refractivity contribution is 7.09. The highest BCUT2D eigenvalue weighted by Gasteiger charge is 2.03. The van der Waals surface area contributed by atoms with Crippen molar-refractivity contribution in [2.24, 2.45) is 4.99 Å². The van der Waals surface area contributed by atoms with Crippen LogP contribution in [0.4, 0.5) is 5.69 Å². The Bertz CT molecular complexity index is 673. The van der Waals surface area contributed by atoms with Gasteiger partial charge in [-0.2, -0.15) is 0 Å². The van der Waals surface area contributed by atoms with Crippen LogP contribution in [0.2, 0.25) is 0 Å². The average molecular weight is 362 g/mol. The molecule has 0 saturated carbocycles. The van der Waals surface area contributed by atoms with Gasteiger partial charge in [0.25, 0.3) is 0 Å². The van der Waals surface area contributed by atoms with Crippen LogP contribution in [0.3, 0.4) is 0 Å². The number of nitrogens with one attached hydrogen (secondary N) is 2. The standard InChI is InChI=1S/C18H26N4O2S/c1-14-21-16(13-25-14)8-9-20-18(19-2)22-15-6-4-7-17(12-15)24-11-5-10-23-3/h4,6-7,12-13H,5,8-11H2,1-3H3,(H2,19,20,22). The SMILES string of the molecule is CN=C(NCCc1csc(C)n1)Nc1cccc(OCCCOC)c1. The molecule has 1 heterocycles. The first-order valence-electron chi connectivity index (χ1n) is 8.31. The Morgan fingerprint density at radius 1 is 1.32 bits per heavy atom. The van der Waals surface area contributed by atoms with Gasteiger partial charge in [-0.25, -0.2) is 4.98 Å². The van der Waals surface area contributed by atoms with E-state index in [9.17, 15) is 0 Å². The number of benzene rings is 1. The van der Waals surface area contributed by atoms with E-state index >= 15 is 0 Å². The molecule has 25 heavy (non-hydrogen) atoms. The number of aryl methyl sites for hydroxylation is 1. The molecule has 2 aromatic rings. The highest BCUT2D eigenvalue weighted by atomic mass is 32.1. The summed E-state index contributed by atoms with van der Waals surface area (Å²) < 4.78 is 10.7. The van der Waals surface area contributed by atoms with E-state index in [2.05, 4.69) is 26.0 Å². The normalized spacial score (nSPS) is 11.4. The summed E-state index contributed by atoms with van der Waals surface area (Å²) in [5.74, 6) is 1.55. The zero-order valence-corrected chi connectivity index (χ0v) is 15.9. The van der Waals surface area contributed by atoms with Crippen LogP contribution >= 0.6 is 11.3 Å². The third-order valence-electron chi connectivity index (χ3n) is 3.42. The molecule has 0 atom stereocenters. The van der Waals surface area contributed by atoms with Gasteiger partial charge in [-0.3, -0.25) is 4.99 Å². The second kappa shape index (κ2) is 10.7. The lowest BCUT2D eigenvalue weighted by atomic mass is 10.3. The van der Waals surface area contributed by atoms with Crippen molar-refractivity contribution in [3.05, 3.63) is 40.3 Å². The van der Waals surface area contributed by atoms with Crippen molar-refractivity contribution < 1.29 is 9.47 Å². The van der Waals surface area contributed by atoms with Gasteiger partial charge in [0.2, 0.25) is 0 Å². The van der Waals surface area contributed by atoms with Gasteiger partial charge in [0.15, 0.2) is 5.96 Å². The molecule has 0 spiro atoms. The van der Waals surface area contributed by atoms with E-state index in [1.54, 1.807) is 25.5 Å². The number of methoxy groups -OCH3 is 1. The van der Waals surface area contributed by atoms with Crippen LogP contribution in [-0.4, -0.2) is 44.9 Å². The number of hydrogen-bond donors (Lipinski definition) is 2. The molecule has 2 rings (SSSR count). The Morgan fingerprint density at radius 2 is 2.20 bits per heavy atom. The molecule has 2 N–H and O–H groups in total. The first-order chi connectivity index (χ1) is 12.2. The van der Waals surface area contributed by atoms with Gasteiger partial charge in [-0.15, -0.1) is 11.3 Å². The summed E-state index contributed by atoms with van der Waals surface area (Å²) in [6.45, 7) is 4.13. The van der Waals surface area contributed by atoms with Gasteiger partial charge in [0, 0.05) is 57.3 Å². The Hall–Kier alpha value is -2.12. The maximum Gasteiger partial charge on any atom is 0.195 e. The van der Waals surface area contributed by atoms with Crippen molar-refractivity contribution in [2.75, 3.05) is 39.2 Å². The lowest BCUT2D eigenvalue weighted by Gasteiger charge is -2.13. The molecule has 0 aliphatic carbocycles. The van der Waals surface area contributed by atoms with Crippen molar-refractivity contribution in [1.29, 1.82) is 0 Å². The summed E-state index contributed by atoms with van der Waals surface area (Å²) in [5.41, 5.74) is 2.04. The summed E-state index contributed by atoms with van der Waals surface area (Å²) >= 11 is 1.68. The maximum absolute atomic E-state index is 5.72. The first kappa shape index (κ1) is 19.2. The molecule has 0 radical (unpaired) electrons. The Kier molecular flexibility index (Phi) is 8.21. The lowest BCUT2D eigenvalue weighted by molar-refractivity contribution is 0.172. The van der Waals surface area contributed by atoms with Gasteiger partial charge in [-0.05, 0) is 19.1 Å². The van der Waals surface area contributed by atoms with Crippen molar-refractivity contribution in [3.63, 3.8) is 0 Å². The second-order valence-electron chi connectivity index (χ2n) is 5.45. The second-order valence-corrected chi connectivity index (χ2v) is 6.52. The molecule has 7 heteroatoms. The lowest BCUT2D eigenvalue weighted by Crippen LogP contribution is -2.32. The number of thiazole rings is 1. The van der Waals surface area contributed by atoms with Crippen molar-refractivity contribution in [3.8, 4) is 5.75 Å². The maximum atomic E-state index is 5.72. The van der Waals surface area contributed by atoms with Crippen LogP contribution in [0.5, 0.6) is 5.75 Å². The zero-order valence-electron chi connectivity index (χ0n) is 15.0. The quantitative estimate of drug-likeness (QED) is 0.408. The predicted octanol–water partition coefficient (Wildman–Crippen LogP) is 3.10. The monoisotopic (exact) mass is 362 g/mol. The van der Waals surface area contributed by atoms with Crippen LogP contribution in [0.25, 0.3) is 0 Å². The van der Waals surface area contributed by atoms with Crippen LogP contribution < -0.4 is 15.4 Å². The summed E-state index contributed by atoms with van der Waals surface area (Å²) in [5, 5.41) is 9.77. The summed E-state index contributed by atoms with van der Waals surface area (Å²) in [6, 6.07) is 7.85. The Balaban J connectivity index is 1.79. The molecular formula is C18H26N4O2S. The minimum absolute atomic E-state index is 0.636. The molecule has 6 nitrogen and oxygen atoms in total. The van der Waals surface area contributed by atoms with Crippen molar-refractivity contribution in [1.82, 2.24) is 10.3 Å². The summed E-state index contributed by atoms with van der Waals surface area (Å²) in [4.78, 5) is 8.72. The number of ether oxygens (including phenoxy) is 2. The van der Waals surface area contributed by atoms with Gasteiger partial charge in [0.05, 0.1) is 17.3 Å².